The van der Waals surface area contributed by atoms with Gasteiger partial charge in [-0.25, -0.2) is 0 Å². The Hall–Kier alpha value is -2.70. The number of fused-ring (bicyclic) bond motifs is 1. The molecule has 4 rings (SSSR count). The van der Waals surface area contributed by atoms with Gasteiger partial charge in [0.2, 0.25) is 6.79 Å². The first kappa shape index (κ1) is 16.8. The van der Waals surface area contributed by atoms with Crippen LogP contribution in [0.25, 0.3) is 0 Å². The third kappa shape index (κ3) is 3.34. The number of ether oxygens (including phenoxy) is 2. The lowest BCUT2D eigenvalue weighted by atomic mass is 10.2. The predicted molar refractivity (Wildman–Crippen MR) is 98.3 cm³/mol. The molecular formula is C18H13Cl2N3O3. The summed E-state index contributed by atoms with van der Waals surface area (Å²) in [7, 11) is 0. The van der Waals surface area contributed by atoms with Gasteiger partial charge in [-0.2, -0.15) is 5.10 Å². The fraction of sp³-hybridized carbons (Fsp3) is 0.111. The summed E-state index contributed by atoms with van der Waals surface area (Å²) in [4.78, 5) is 12.4. The minimum Gasteiger partial charge on any atom is -0.454 e. The normalized spacial score (nSPS) is 12.2. The van der Waals surface area contributed by atoms with Crippen LogP contribution < -0.4 is 14.8 Å². The number of amides is 1. The number of rotatable bonds is 4. The average molecular weight is 390 g/mol. The van der Waals surface area contributed by atoms with Gasteiger partial charge in [0.05, 0.1) is 6.54 Å². The number of benzene rings is 2. The summed E-state index contributed by atoms with van der Waals surface area (Å²) >= 11 is 12.4. The lowest BCUT2D eigenvalue weighted by Crippen LogP contribution is -2.13. The number of hydrogen-bond acceptors (Lipinski definition) is 4. The van der Waals surface area contributed by atoms with Gasteiger partial charge in [0.1, 0.15) is 0 Å². The van der Waals surface area contributed by atoms with Crippen LogP contribution in [0.1, 0.15) is 15.9 Å². The van der Waals surface area contributed by atoms with E-state index in [1.165, 1.54) is 0 Å². The summed E-state index contributed by atoms with van der Waals surface area (Å²) in [6, 6.07) is 12.0. The number of anilines is 1. The number of nitrogens with one attached hydrogen (secondary N) is 1. The zero-order chi connectivity index (χ0) is 18.1. The standard InChI is InChI=1S/C18H13Cl2N3O3/c19-13-2-1-3-14(20)12(13)9-23-7-6-17(22-23)21-18(24)11-4-5-15-16(8-11)26-10-25-15/h1-8H,9-10H2,(H,21,22,24). The summed E-state index contributed by atoms with van der Waals surface area (Å²) in [6.07, 6.45) is 1.74. The number of carbonyl (C=O) groups excluding carboxylic acids is 1. The summed E-state index contributed by atoms with van der Waals surface area (Å²) in [5.41, 5.74) is 1.23. The first-order valence-electron chi connectivity index (χ1n) is 7.77. The van der Waals surface area contributed by atoms with Gasteiger partial charge in [-0.3, -0.25) is 9.48 Å². The Labute approximate surface area is 159 Å². The van der Waals surface area contributed by atoms with Crippen molar-refractivity contribution in [2.75, 3.05) is 12.1 Å². The zero-order valence-electron chi connectivity index (χ0n) is 13.4. The van der Waals surface area contributed by atoms with Crippen LogP contribution in [0.2, 0.25) is 10.0 Å². The average Bonchev–Trinajstić information content (AvgIpc) is 3.26. The summed E-state index contributed by atoms with van der Waals surface area (Å²) in [5, 5.41) is 8.23. The number of carbonyl (C=O) groups is 1. The highest BCUT2D eigenvalue weighted by atomic mass is 35.5. The molecule has 2 heterocycles. The first-order valence-corrected chi connectivity index (χ1v) is 8.53. The van der Waals surface area contributed by atoms with Crippen LogP contribution in [0.5, 0.6) is 11.5 Å². The van der Waals surface area contributed by atoms with Gasteiger partial charge in [-0.05, 0) is 30.3 Å². The van der Waals surface area contributed by atoms with Crippen LogP contribution >= 0.6 is 23.2 Å². The first-order chi connectivity index (χ1) is 12.6. The van der Waals surface area contributed by atoms with Crippen LogP contribution in [0.15, 0.2) is 48.7 Å². The molecule has 1 N–H and O–H groups in total. The Morgan fingerprint density at radius 2 is 1.88 bits per heavy atom. The topological polar surface area (TPSA) is 65.4 Å². The molecule has 0 bridgehead atoms. The maximum Gasteiger partial charge on any atom is 0.257 e. The molecule has 6 nitrogen and oxygen atoms in total. The molecule has 1 aliphatic rings. The van der Waals surface area contributed by atoms with E-state index in [1.807, 2.05) is 0 Å². The van der Waals surface area contributed by atoms with Gasteiger partial charge >= 0.3 is 0 Å². The van der Waals surface area contributed by atoms with Crippen molar-refractivity contribution < 1.29 is 14.3 Å². The summed E-state index contributed by atoms with van der Waals surface area (Å²) in [6.45, 7) is 0.563. The van der Waals surface area contributed by atoms with Crippen LogP contribution in [0.4, 0.5) is 5.82 Å². The fourth-order valence-electron chi connectivity index (χ4n) is 2.59. The molecule has 2 aromatic carbocycles. The van der Waals surface area contributed by atoms with E-state index in [0.29, 0.717) is 39.5 Å². The molecule has 1 aliphatic heterocycles. The van der Waals surface area contributed by atoms with Crippen molar-refractivity contribution in [2.24, 2.45) is 0 Å². The number of halogens is 2. The van der Waals surface area contributed by atoms with Crippen molar-refractivity contribution >= 4 is 34.9 Å². The highest BCUT2D eigenvalue weighted by Crippen LogP contribution is 2.32. The van der Waals surface area contributed by atoms with Gasteiger partial charge in [0, 0.05) is 33.4 Å². The molecule has 0 atom stereocenters. The van der Waals surface area contributed by atoms with Crippen molar-refractivity contribution in [1.29, 1.82) is 0 Å². The van der Waals surface area contributed by atoms with Crippen molar-refractivity contribution in [2.45, 2.75) is 6.54 Å². The molecule has 8 heteroatoms. The number of aromatic nitrogens is 2. The molecular weight excluding hydrogens is 377 g/mol. The molecule has 0 radical (unpaired) electrons. The molecule has 26 heavy (non-hydrogen) atoms. The van der Waals surface area contributed by atoms with Crippen LogP contribution in [0.3, 0.4) is 0 Å². The van der Waals surface area contributed by atoms with E-state index in [-0.39, 0.29) is 12.7 Å². The molecule has 0 unspecified atom stereocenters. The second kappa shape index (κ2) is 6.90. The third-order valence-corrected chi connectivity index (χ3v) is 4.61. The van der Waals surface area contributed by atoms with Crippen LogP contribution in [-0.4, -0.2) is 22.5 Å². The quantitative estimate of drug-likeness (QED) is 0.725. The summed E-state index contributed by atoms with van der Waals surface area (Å²) < 4.78 is 12.2. The molecule has 1 amide bonds. The second-order valence-electron chi connectivity index (χ2n) is 5.62. The largest absolute Gasteiger partial charge is 0.454 e. The fourth-order valence-corrected chi connectivity index (χ4v) is 3.11. The van der Waals surface area contributed by atoms with Crippen molar-refractivity contribution in [3.63, 3.8) is 0 Å². The molecule has 1 aromatic heterocycles. The Morgan fingerprint density at radius 1 is 1.12 bits per heavy atom. The van der Waals surface area contributed by atoms with Gasteiger partial charge in [-0.1, -0.05) is 29.3 Å². The SMILES string of the molecule is O=C(Nc1ccn(Cc2c(Cl)cccc2Cl)n1)c1ccc2c(c1)OCO2. The van der Waals surface area contributed by atoms with E-state index < -0.39 is 0 Å². The Balaban J connectivity index is 1.47. The van der Waals surface area contributed by atoms with E-state index in [9.17, 15) is 4.79 Å². The van der Waals surface area contributed by atoms with Crippen LogP contribution in [0, 0.1) is 0 Å². The molecule has 0 saturated carbocycles. The van der Waals surface area contributed by atoms with Crippen molar-refractivity contribution in [1.82, 2.24) is 9.78 Å². The molecule has 0 spiro atoms. The van der Waals surface area contributed by atoms with Crippen molar-refractivity contribution in [3.8, 4) is 11.5 Å². The highest BCUT2D eigenvalue weighted by Gasteiger charge is 2.17. The van der Waals surface area contributed by atoms with Gasteiger partial charge in [0.25, 0.3) is 5.91 Å². The Kier molecular flexibility index (Phi) is 4.44. The lowest BCUT2D eigenvalue weighted by molar-refractivity contribution is 0.102. The van der Waals surface area contributed by atoms with E-state index >= 15 is 0 Å². The van der Waals surface area contributed by atoms with Crippen LogP contribution in [-0.2, 0) is 6.54 Å². The molecule has 0 saturated heterocycles. The lowest BCUT2D eigenvalue weighted by Gasteiger charge is -2.07. The second-order valence-corrected chi connectivity index (χ2v) is 6.44. The predicted octanol–water partition coefficient (Wildman–Crippen LogP) is 4.22. The monoisotopic (exact) mass is 389 g/mol. The summed E-state index contributed by atoms with van der Waals surface area (Å²) in [5.74, 6) is 1.32. The molecule has 132 valence electrons. The van der Waals surface area contributed by atoms with Crippen molar-refractivity contribution in [3.05, 3.63) is 69.8 Å². The smallest absolute Gasteiger partial charge is 0.257 e. The molecule has 0 fully saturated rings. The minimum absolute atomic E-state index is 0.162. The van der Waals surface area contributed by atoms with E-state index in [4.69, 9.17) is 32.7 Å². The molecule has 3 aromatic rings. The van der Waals surface area contributed by atoms with E-state index in [1.54, 1.807) is 53.3 Å². The number of hydrogen-bond donors (Lipinski definition) is 1. The minimum atomic E-state index is -0.288. The maximum atomic E-state index is 12.4. The van der Waals surface area contributed by atoms with Gasteiger partial charge < -0.3 is 14.8 Å². The molecule has 0 aliphatic carbocycles. The Morgan fingerprint density at radius 3 is 2.69 bits per heavy atom. The number of nitrogens with zero attached hydrogens (tertiary/aromatic N) is 2. The van der Waals surface area contributed by atoms with E-state index in [2.05, 4.69) is 10.4 Å². The zero-order valence-corrected chi connectivity index (χ0v) is 14.9. The Bertz CT molecular complexity index is 967. The van der Waals surface area contributed by atoms with Gasteiger partial charge in [-0.15, -0.1) is 0 Å². The maximum absolute atomic E-state index is 12.4. The van der Waals surface area contributed by atoms with E-state index in [0.717, 1.165) is 5.56 Å². The highest BCUT2D eigenvalue weighted by molar-refractivity contribution is 6.35. The van der Waals surface area contributed by atoms with Gasteiger partial charge in [0.15, 0.2) is 17.3 Å². The third-order valence-electron chi connectivity index (χ3n) is 3.90.